The van der Waals surface area contributed by atoms with Gasteiger partial charge in [0.15, 0.2) is 0 Å². The molecule has 6 N–H and O–H groups in total. The topological polar surface area (TPSA) is 148 Å². The quantitative estimate of drug-likeness (QED) is 0.215. The number of benzene rings is 3. The van der Waals surface area contributed by atoms with Crippen LogP contribution < -0.4 is 16.8 Å². The molecule has 0 aromatic heterocycles. The van der Waals surface area contributed by atoms with E-state index in [9.17, 15) is 14.4 Å². The van der Waals surface area contributed by atoms with Crippen LogP contribution in [0, 0.1) is 11.3 Å². The van der Waals surface area contributed by atoms with Gasteiger partial charge in [0.1, 0.15) is 5.84 Å². The highest BCUT2D eigenvalue weighted by atomic mass is 16.5. The zero-order chi connectivity index (χ0) is 25.5. The molecule has 0 unspecified atom stereocenters. The van der Waals surface area contributed by atoms with Crippen molar-refractivity contribution in [2.45, 2.75) is 19.4 Å². The number of carbonyl (C=O) groups is 3. The van der Waals surface area contributed by atoms with E-state index in [1.165, 1.54) is 7.11 Å². The summed E-state index contributed by atoms with van der Waals surface area (Å²) in [4.78, 5) is 36.6. The fourth-order valence-corrected chi connectivity index (χ4v) is 3.77. The number of nitrogens with two attached hydrogens (primary N) is 2. The highest BCUT2D eigenvalue weighted by molar-refractivity contribution is 5.96. The van der Waals surface area contributed by atoms with Crippen LogP contribution in [0.4, 0.5) is 0 Å². The van der Waals surface area contributed by atoms with Gasteiger partial charge < -0.3 is 21.5 Å². The van der Waals surface area contributed by atoms with E-state index in [2.05, 4.69) is 5.32 Å². The van der Waals surface area contributed by atoms with Crippen molar-refractivity contribution < 1.29 is 19.1 Å². The lowest BCUT2D eigenvalue weighted by Gasteiger charge is -2.23. The predicted octanol–water partition coefficient (Wildman–Crippen LogP) is 2.89. The molecule has 0 bridgehead atoms. The average Bonchev–Trinajstić information content (AvgIpc) is 2.87. The minimum Gasteiger partial charge on any atom is -0.469 e. The Morgan fingerprint density at radius 3 is 1.97 bits per heavy atom. The van der Waals surface area contributed by atoms with Gasteiger partial charge in [-0.3, -0.25) is 19.8 Å². The maximum absolute atomic E-state index is 12.9. The normalized spacial score (nSPS) is 12.3. The van der Waals surface area contributed by atoms with Crippen molar-refractivity contribution in [1.29, 1.82) is 5.41 Å². The van der Waals surface area contributed by atoms with Crippen molar-refractivity contribution in [3.8, 4) is 11.1 Å². The molecule has 3 aromatic carbocycles. The van der Waals surface area contributed by atoms with Crippen molar-refractivity contribution in [3.63, 3.8) is 0 Å². The van der Waals surface area contributed by atoms with Gasteiger partial charge in [0.2, 0.25) is 5.91 Å². The van der Waals surface area contributed by atoms with Gasteiger partial charge in [0.25, 0.3) is 5.91 Å². The first-order valence-corrected chi connectivity index (χ1v) is 11.0. The second kappa shape index (κ2) is 11.1. The predicted molar refractivity (Wildman–Crippen MR) is 134 cm³/mol. The van der Waals surface area contributed by atoms with Gasteiger partial charge in [0.05, 0.1) is 13.0 Å². The number of carbonyl (C=O) groups excluding carboxylic acids is 3. The van der Waals surface area contributed by atoms with Gasteiger partial charge >= 0.3 is 5.97 Å². The highest BCUT2D eigenvalue weighted by Gasteiger charge is 2.28. The van der Waals surface area contributed by atoms with Crippen molar-refractivity contribution in [2.75, 3.05) is 7.11 Å². The summed E-state index contributed by atoms with van der Waals surface area (Å²) in [6.45, 7) is 1.75. The zero-order valence-electron chi connectivity index (χ0n) is 19.6. The molecule has 180 valence electrons. The molecule has 2 atom stereocenters. The Morgan fingerprint density at radius 2 is 1.46 bits per heavy atom. The molecule has 0 heterocycles. The van der Waals surface area contributed by atoms with E-state index in [0.29, 0.717) is 23.1 Å². The van der Waals surface area contributed by atoms with Crippen LogP contribution in [0.3, 0.4) is 0 Å². The van der Waals surface area contributed by atoms with Gasteiger partial charge in [-0.15, -0.1) is 0 Å². The molecule has 3 aromatic rings. The van der Waals surface area contributed by atoms with Crippen LogP contribution in [-0.4, -0.2) is 36.8 Å². The lowest BCUT2D eigenvalue weighted by molar-refractivity contribution is -0.146. The summed E-state index contributed by atoms with van der Waals surface area (Å²) in [5.74, 6) is -1.95. The van der Waals surface area contributed by atoms with Gasteiger partial charge in [-0.05, 0) is 60.4 Å². The summed E-state index contributed by atoms with van der Waals surface area (Å²) in [6, 6.07) is 20.5. The third-order valence-electron chi connectivity index (χ3n) is 5.81. The number of nitrogen functional groups attached to an aromatic ring is 1. The van der Waals surface area contributed by atoms with Crippen LogP contribution in [0.25, 0.3) is 11.1 Å². The summed E-state index contributed by atoms with van der Waals surface area (Å²) in [5.41, 5.74) is 14.8. The first-order chi connectivity index (χ1) is 16.7. The zero-order valence-corrected chi connectivity index (χ0v) is 19.6. The number of primary amides is 1. The standard InChI is InChI=1S/C27H28N4O4/c1-16(23(27(34)35-2)15-17-4-3-5-22(14-17)24(28)29)31-26(33)21-12-8-19(9-13-21)18-6-10-20(11-7-18)25(30)32/h3-14,16,23H,15H2,1-2H3,(H3,28,29)(H2,30,32)(H,31,33)/t16-,23-/m1/s1. The second-order valence-corrected chi connectivity index (χ2v) is 8.23. The molecule has 0 saturated heterocycles. The Morgan fingerprint density at radius 1 is 0.886 bits per heavy atom. The second-order valence-electron chi connectivity index (χ2n) is 8.23. The van der Waals surface area contributed by atoms with Gasteiger partial charge in [-0.25, -0.2) is 0 Å². The van der Waals surface area contributed by atoms with E-state index >= 15 is 0 Å². The number of ether oxygens (including phenoxy) is 1. The molecule has 8 heteroatoms. The Bertz CT molecular complexity index is 1240. The first-order valence-electron chi connectivity index (χ1n) is 11.0. The number of rotatable bonds is 9. The monoisotopic (exact) mass is 472 g/mol. The van der Waals surface area contributed by atoms with Crippen molar-refractivity contribution >= 4 is 23.6 Å². The Balaban J connectivity index is 1.71. The summed E-state index contributed by atoms with van der Waals surface area (Å²) in [7, 11) is 1.31. The third kappa shape index (κ3) is 6.32. The minimum absolute atomic E-state index is 0.0601. The molecule has 0 spiro atoms. The van der Waals surface area contributed by atoms with Crippen LogP contribution in [0.5, 0.6) is 0 Å². The lowest BCUT2D eigenvalue weighted by Crippen LogP contribution is -2.42. The third-order valence-corrected chi connectivity index (χ3v) is 5.81. The molecule has 0 saturated carbocycles. The molecule has 0 aliphatic carbocycles. The van der Waals surface area contributed by atoms with Gasteiger partial charge in [-0.2, -0.15) is 0 Å². The molecular weight excluding hydrogens is 444 g/mol. The molecule has 35 heavy (non-hydrogen) atoms. The molecule has 2 amide bonds. The SMILES string of the molecule is COC(=O)[C@H](Cc1cccc(C(=N)N)c1)[C@@H](C)NC(=O)c1ccc(-c2ccc(C(N)=O)cc2)cc1. The number of esters is 1. The summed E-state index contributed by atoms with van der Waals surface area (Å²) in [6.07, 6.45) is 0.315. The average molecular weight is 473 g/mol. The van der Waals surface area contributed by atoms with E-state index in [1.54, 1.807) is 61.5 Å². The van der Waals surface area contributed by atoms with E-state index < -0.39 is 23.8 Å². The Labute approximate surface area is 203 Å². The largest absolute Gasteiger partial charge is 0.469 e. The molecule has 0 aliphatic heterocycles. The Hall–Kier alpha value is -4.46. The molecule has 0 aliphatic rings. The summed E-state index contributed by atoms with van der Waals surface area (Å²) < 4.78 is 4.97. The number of amides is 2. The maximum atomic E-state index is 12.9. The number of hydrogen-bond donors (Lipinski definition) is 4. The van der Waals surface area contributed by atoms with E-state index in [0.717, 1.165) is 16.7 Å². The van der Waals surface area contributed by atoms with E-state index in [1.807, 2.05) is 18.2 Å². The molecule has 3 rings (SSSR count). The summed E-state index contributed by atoms with van der Waals surface area (Å²) >= 11 is 0. The number of methoxy groups -OCH3 is 1. The van der Waals surface area contributed by atoms with Gasteiger partial charge in [0, 0.05) is 22.7 Å². The van der Waals surface area contributed by atoms with E-state index in [-0.39, 0.29) is 11.7 Å². The smallest absolute Gasteiger partial charge is 0.311 e. The molecule has 0 fully saturated rings. The van der Waals surface area contributed by atoms with Crippen LogP contribution in [0.15, 0.2) is 72.8 Å². The summed E-state index contributed by atoms with van der Waals surface area (Å²) in [5, 5.41) is 10.5. The molecule has 0 radical (unpaired) electrons. The van der Waals surface area contributed by atoms with Crippen molar-refractivity contribution in [2.24, 2.45) is 17.4 Å². The van der Waals surface area contributed by atoms with Crippen molar-refractivity contribution in [3.05, 3.63) is 95.1 Å². The number of nitrogens with one attached hydrogen (secondary N) is 2. The highest BCUT2D eigenvalue weighted by Crippen LogP contribution is 2.21. The molecule has 8 nitrogen and oxygen atoms in total. The van der Waals surface area contributed by atoms with Crippen LogP contribution in [0.1, 0.15) is 38.8 Å². The fourth-order valence-electron chi connectivity index (χ4n) is 3.77. The lowest BCUT2D eigenvalue weighted by atomic mass is 9.92. The van der Waals surface area contributed by atoms with Crippen LogP contribution in [-0.2, 0) is 16.0 Å². The fraction of sp³-hybridized carbons (Fsp3) is 0.185. The number of amidine groups is 1. The van der Waals surface area contributed by atoms with Crippen LogP contribution >= 0.6 is 0 Å². The van der Waals surface area contributed by atoms with Crippen LogP contribution in [0.2, 0.25) is 0 Å². The van der Waals surface area contributed by atoms with E-state index in [4.69, 9.17) is 21.6 Å². The first kappa shape index (κ1) is 25.2. The molecular formula is C27H28N4O4. The minimum atomic E-state index is -0.630. The van der Waals surface area contributed by atoms with Gasteiger partial charge in [-0.1, -0.05) is 42.5 Å². The maximum Gasteiger partial charge on any atom is 0.311 e. The Kier molecular flexibility index (Phi) is 7.99. The number of hydrogen-bond acceptors (Lipinski definition) is 5. The van der Waals surface area contributed by atoms with Crippen molar-refractivity contribution in [1.82, 2.24) is 5.32 Å².